The fourth-order valence-corrected chi connectivity index (χ4v) is 3.09. The van der Waals surface area contributed by atoms with Gasteiger partial charge in [0, 0.05) is 5.56 Å². The van der Waals surface area contributed by atoms with E-state index in [1.807, 2.05) is 0 Å². The summed E-state index contributed by atoms with van der Waals surface area (Å²) in [5, 5.41) is 4.09. The number of hydrogen-bond acceptors (Lipinski definition) is 5. The van der Waals surface area contributed by atoms with Crippen molar-refractivity contribution in [1.29, 1.82) is 0 Å². The minimum absolute atomic E-state index is 0.000351. The zero-order chi connectivity index (χ0) is 22.6. The van der Waals surface area contributed by atoms with E-state index in [1.165, 1.54) is 18.2 Å². The lowest BCUT2D eigenvalue weighted by atomic mass is 10.0. The van der Waals surface area contributed by atoms with Crippen LogP contribution in [0.25, 0.3) is 16.9 Å². The van der Waals surface area contributed by atoms with Crippen molar-refractivity contribution in [3.05, 3.63) is 71.4 Å². The Morgan fingerprint density at radius 3 is 2.10 bits per heavy atom. The number of carbonyl (C=O) groups excluding carboxylic acids is 2. The maximum absolute atomic E-state index is 13.7. The second-order valence-electron chi connectivity index (χ2n) is 6.31. The summed E-state index contributed by atoms with van der Waals surface area (Å²) in [6.45, 7) is 3.14. The molecule has 9 heteroatoms. The van der Waals surface area contributed by atoms with Crippen LogP contribution in [0.4, 0.5) is 13.2 Å². The number of halogens is 3. The van der Waals surface area contributed by atoms with Crippen molar-refractivity contribution in [2.24, 2.45) is 0 Å². The van der Waals surface area contributed by atoms with Crippen LogP contribution in [0.1, 0.15) is 40.3 Å². The highest BCUT2D eigenvalue weighted by Gasteiger charge is 2.37. The molecule has 0 fully saturated rings. The number of alkyl halides is 3. The number of esters is 2. The smallest absolute Gasteiger partial charge is 0.418 e. The minimum Gasteiger partial charge on any atom is -0.462 e. The lowest BCUT2D eigenvalue weighted by molar-refractivity contribution is -0.137. The molecular weight excluding hydrogens is 413 g/mol. The third kappa shape index (κ3) is 4.45. The van der Waals surface area contributed by atoms with Gasteiger partial charge in [-0.15, -0.1) is 0 Å². The van der Waals surface area contributed by atoms with Crippen molar-refractivity contribution in [2.45, 2.75) is 20.0 Å². The Bertz CT molecular complexity index is 1090. The van der Waals surface area contributed by atoms with Crippen LogP contribution in [0.3, 0.4) is 0 Å². The predicted octanol–water partition coefficient (Wildman–Crippen LogP) is 4.91. The number of benzene rings is 2. The van der Waals surface area contributed by atoms with E-state index in [2.05, 4.69) is 5.10 Å². The third-order valence-corrected chi connectivity index (χ3v) is 4.32. The summed E-state index contributed by atoms with van der Waals surface area (Å²) in [6.07, 6.45) is -4.69. The predicted molar refractivity (Wildman–Crippen MR) is 106 cm³/mol. The third-order valence-electron chi connectivity index (χ3n) is 4.32. The molecule has 3 rings (SSSR count). The van der Waals surface area contributed by atoms with Gasteiger partial charge in [-0.05, 0) is 26.0 Å². The Hall–Kier alpha value is -3.62. The molecule has 6 nitrogen and oxygen atoms in total. The van der Waals surface area contributed by atoms with Crippen LogP contribution in [0.15, 0.2) is 54.6 Å². The standard InChI is InChI=1S/C22H19F3N2O4/c1-3-30-20(28)17-18(21(29)31-4-2)26-27(19(17)14-10-6-5-7-11-14)16-13-9-8-12-15(16)22(23,24)25/h5-13H,3-4H2,1-2H3. The molecule has 0 saturated carbocycles. The van der Waals surface area contributed by atoms with Gasteiger partial charge in [0.1, 0.15) is 5.56 Å². The molecule has 0 aliphatic rings. The van der Waals surface area contributed by atoms with Gasteiger partial charge < -0.3 is 9.47 Å². The summed E-state index contributed by atoms with van der Waals surface area (Å²) >= 11 is 0. The molecule has 0 aliphatic carbocycles. The fraction of sp³-hybridized carbons (Fsp3) is 0.227. The normalized spacial score (nSPS) is 11.3. The van der Waals surface area contributed by atoms with E-state index >= 15 is 0 Å². The number of nitrogens with zero attached hydrogens (tertiary/aromatic N) is 2. The molecule has 31 heavy (non-hydrogen) atoms. The van der Waals surface area contributed by atoms with Gasteiger partial charge >= 0.3 is 18.1 Å². The van der Waals surface area contributed by atoms with Crippen LogP contribution in [-0.4, -0.2) is 34.9 Å². The Morgan fingerprint density at radius 1 is 0.903 bits per heavy atom. The average Bonchev–Trinajstić information content (AvgIpc) is 3.15. The molecule has 0 atom stereocenters. The molecule has 0 unspecified atom stereocenters. The molecule has 162 valence electrons. The van der Waals surface area contributed by atoms with Crippen LogP contribution in [-0.2, 0) is 15.7 Å². The number of ether oxygens (including phenoxy) is 2. The monoisotopic (exact) mass is 432 g/mol. The Morgan fingerprint density at radius 2 is 1.48 bits per heavy atom. The molecule has 0 radical (unpaired) electrons. The van der Waals surface area contributed by atoms with E-state index in [4.69, 9.17) is 9.47 Å². The van der Waals surface area contributed by atoms with Gasteiger partial charge in [0.2, 0.25) is 0 Å². The minimum atomic E-state index is -4.69. The molecule has 0 N–H and O–H groups in total. The number of aromatic nitrogens is 2. The highest BCUT2D eigenvalue weighted by Crippen LogP contribution is 2.37. The van der Waals surface area contributed by atoms with Gasteiger partial charge in [0.15, 0.2) is 5.69 Å². The first-order valence-corrected chi connectivity index (χ1v) is 9.48. The van der Waals surface area contributed by atoms with Crippen LogP contribution in [0.2, 0.25) is 0 Å². The van der Waals surface area contributed by atoms with Crippen LogP contribution < -0.4 is 0 Å². The Kier molecular flexibility index (Phi) is 6.43. The van der Waals surface area contributed by atoms with Gasteiger partial charge in [-0.25, -0.2) is 14.3 Å². The topological polar surface area (TPSA) is 70.4 Å². The number of para-hydroxylation sites is 1. The highest BCUT2D eigenvalue weighted by molar-refractivity contribution is 6.06. The first-order chi connectivity index (χ1) is 14.8. The van der Waals surface area contributed by atoms with Gasteiger partial charge in [0.25, 0.3) is 0 Å². The number of rotatable bonds is 6. The molecule has 3 aromatic rings. The first kappa shape index (κ1) is 22.1. The maximum atomic E-state index is 13.7. The van der Waals surface area contributed by atoms with Crippen molar-refractivity contribution in [2.75, 3.05) is 13.2 Å². The first-order valence-electron chi connectivity index (χ1n) is 9.48. The van der Waals surface area contributed by atoms with Crippen LogP contribution in [0.5, 0.6) is 0 Å². The molecule has 2 aromatic carbocycles. The lowest BCUT2D eigenvalue weighted by Crippen LogP contribution is -2.13. The van der Waals surface area contributed by atoms with Gasteiger partial charge in [-0.2, -0.15) is 18.3 Å². The molecule has 0 aliphatic heterocycles. The quantitative estimate of drug-likeness (QED) is 0.518. The number of carbonyl (C=O) groups is 2. The van der Waals surface area contributed by atoms with Crippen molar-refractivity contribution >= 4 is 11.9 Å². The summed E-state index contributed by atoms with van der Waals surface area (Å²) in [5.41, 5.74) is -1.61. The molecule has 0 spiro atoms. The van der Waals surface area contributed by atoms with E-state index in [0.717, 1.165) is 10.7 Å². The number of hydrogen-bond donors (Lipinski definition) is 0. The van der Waals surface area contributed by atoms with Crippen LogP contribution in [0, 0.1) is 0 Å². The summed E-state index contributed by atoms with van der Waals surface area (Å²) in [4.78, 5) is 25.3. The average molecular weight is 432 g/mol. The molecule has 1 heterocycles. The zero-order valence-electron chi connectivity index (χ0n) is 16.8. The molecule has 0 bridgehead atoms. The molecular formula is C22H19F3N2O4. The molecule has 0 saturated heterocycles. The fourth-order valence-electron chi connectivity index (χ4n) is 3.09. The largest absolute Gasteiger partial charge is 0.462 e. The van der Waals surface area contributed by atoms with Gasteiger partial charge in [-0.3, -0.25) is 0 Å². The van der Waals surface area contributed by atoms with Crippen molar-refractivity contribution < 1.29 is 32.2 Å². The molecule has 0 amide bonds. The Labute approximate surface area is 176 Å². The van der Waals surface area contributed by atoms with E-state index in [9.17, 15) is 22.8 Å². The van der Waals surface area contributed by atoms with Crippen molar-refractivity contribution in [1.82, 2.24) is 9.78 Å². The second-order valence-corrected chi connectivity index (χ2v) is 6.31. The Balaban J connectivity index is 2.41. The second kappa shape index (κ2) is 9.03. The summed E-state index contributed by atoms with van der Waals surface area (Å²) in [7, 11) is 0. The SMILES string of the molecule is CCOC(=O)c1nn(-c2ccccc2C(F)(F)F)c(-c2ccccc2)c1C(=O)OCC. The maximum Gasteiger partial charge on any atom is 0.418 e. The lowest BCUT2D eigenvalue weighted by Gasteiger charge is -2.15. The zero-order valence-corrected chi connectivity index (χ0v) is 16.8. The molecule has 1 aromatic heterocycles. The highest BCUT2D eigenvalue weighted by atomic mass is 19.4. The van der Waals surface area contributed by atoms with Gasteiger partial charge in [0.05, 0.1) is 30.2 Å². The van der Waals surface area contributed by atoms with E-state index in [1.54, 1.807) is 44.2 Å². The van der Waals surface area contributed by atoms with Crippen LogP contribution >= 0.6 is 0 Å². The van der Waals surface area contributed by atoms with E-state index in [-0.39, 0.29) is 30.2 Å². The van der Waals surface area contributed by atoms with Crippen molar-refractivity contribution in [3.8, 4) is 16.9 Å². The summed E-state index contributed by atoms with van der Waals surface area (Å²) in [6, 6.07) is 13.0. The van der Waals surface area contributed by atoms with Crippen molar-refractivity contribution in [3.63, 3.8) is 0 Å². The summed E-state index contributed by atoms with van der Waals surface area (Å²) < 4.78 is 52.1. The van der Waals surface area contributed by atoms with E-state index < -0.39 is 29.4 Å². The van der Waals surface area contributed by atoms with Gasteiger partial charge in [-0.1, -0.05) is 42.5 Å². The van der Waals surface area contributed by atoms with E-state index in [0.29, 0.717) is 5.56 Å². The summed E-state index contributed by atoms with van der Waals surface area (Å²) in [5.74, 6) is -1.83.